The molecule has 0 amide bonds. The third-order valence-corrected chi connectivity index (χ3v) is 4.41. The SMILES string of the molecule is c1ccc(CN2CCC(OCCCCNC3CC3)C2)cc1. The second kappa shape index (κ2) is 7.92. The van der Waals surface area contributed by atoms with Gasteiger partial charge in [-0.15, -0.1) is 0 Å². The predicted octanol–water partition coefficient (Wildman–Crippen LogP) is 2.81. The second-order valence-electron chi connectivity index (χ2n) is 6.44. The van der Waals surface area contributed by atoms with Gasteiger partial charge in [-0.3, -0.25) is 4.90 Å². The van der Waals surface area contributed by atoms with Crippen LogP contribution in [0.5, 0.6) is 0 Å². The van der Waals surface area contributed by atoms with Crippen LogP contribution in [0.15, 0.2) is 30.3 Å². The van der Waals surface area contributed by atoms with Gasteiger partial charge < -0.3 is 10.1 Å². The highest BCUT2D eigenvalue weighted by molar-refractivity contribution is 5.14. The maximum atomic E-state index is 6.02. The average Bonchev–Trinajstić information content (AvgIpc) is 3.23. The van der Waals surface area contributed by atoms with Crippen molar-refractivity contribution in [3.63, 3.8) is 0 Å². The molecule has 2 fully saturated rings. The van der Waals surface area contributed by atoms with Gasteiger partial charge in [0.2, 0.25) is 0 Å². The quantitative estimate of drug-likeness (QED) is 0.707. The van der Waals surface area contributed by atoms with Gasteiger partial charge in [-0.2, -0.15) is 0 Å². The van der Waals surface area contributed by atoms with Crippen LogP contribution in [-0.2, 0) is 11.3 Å². The molecule has 1 saturated carbocycles. The Hall–Kier alpha value is -0.900. The minimum absolute atomic E-state index is 0.449. The average molecular weight is 288 g/mol. The van der Waals surface area contributed by atoms with E-state index < -0.39 is 0 Å². The number of nitrogens with zero attached hydrogens (tertiary/aromatic N) is 1. The highest BCUT2D eigenvalue weighted by Crippen LogP contribution is 2.18. The van der Waals surface area contributed by atoms with E-state index in [4.69, 9.17) is 4.74 Å². The lowest BCUT2D eigenvalue weighted by molar-refractivity contribution is 0.0561. The summed E-state index contributed by atoms with van der Waals surface area (Å²) in [5.74, 6) is 0. The molecule has 1 unspecified atom stereocenters. The summed E-state index contributed by atoms with van der Waals surface area (Å²) in [5, 5.41) is 3.56. The monoisotopic (exact) mass is 288 g/mol. The Morgan fingerprint density at radius 2 is 1.95 bits per heavy atom. The molecule has 1 N–H and O–H groups in total. The third-order valence-electron chi connectivity index (χ3n) is 4.41. The molecule has 2 aliphatic rings. The van der Waals surface area contributed by atoms with Crippen molar-refractivity contribution in [2.24, 2.45) is 0 Å². The van der Waals surface area contributed by atoms with Crippen LogP contribution in [0.3, 0.4) is 0 Å². The molecular weight excluding hydrogens is 260 g/mol. The molecule has 0 bridgehead atoms. The number of nitrogens with one attached hydrogen (secondary N) is 1. The van der Waals surface area contributed by atoms with Crippen LogP contribution in [0, 0.1) is 0 Å². The second-order valence-corrected chi connectivity index (χ2v) is 6.44. The molecule has 0 aromatic heterocycles. The van der Waals surface area contributed by atoms with Gasteiger partial charge >= 0.3 is 0 Å². The van der Waals surface area contributed by atoms with E-state index >= 15 is 0 Å². The molecule has 3 rings (SSSR count). The number of unbranched alkanes of at least 4 members (excludes halogenated alkanes) is 1. The van der Waals surface area contributed by atoms with E-state index in [9.17, 15) is 0 Å². The first-order valence-electron chi connectivity index (χ1n) is 8.51. The molecule has 21 heavy (non-hydrogen) atoms. The van der Waals surface area contributed by atoms with Gasteiger partial charge in [0.05, 0.1) is 6.10 Å². The van der Waals surface area contributed by atoms with Gasteiger partial charge in [-0.1, -0.05) is 30.3 Å². The topological polar surface area (TPSA) is 24.5 Å². The van der Waals surface area contributed by atoms with Gasteiger partial charge in [0.1, 0.15) is 0 Å². The highest BCUT2D eigenvalue weighted by atomic mass is 16.5. The molecule has 1 aromatic carbocycles. The van der Waals surface area contributed by atoms with Gasteiger partial charge in [0.15, 0.2) is 0 Å². The van der Waals surface area contributed by atoms with Crippen LogP contribution in [0.25, 0.3) is 0 Å². The zero-order chi connectivity index (χ0) is 14.3. The normalized spacial score (nSPS) is 22.8. The fourth-order valence-electron chi connectivity index (χ4n) is 2.99. The molecular formula is C18H28N2O. The first kappa shape index (κ1) is 15.0. The van der Waals surface area contributed by atoms with Crippen molar-refractivity contribution < 1.29 is 4.74 Å². The lowest BCUT2D eigenvalue weighted by atomic mass is 10.2. The first-order chi connectivity index (χ1) is 10.4. The summed E-state index contributed by atoms with van der Waals surface area (Å²) in [6.07, 6.45) is 6.84. The summed E-state index contributed by atoms with van der Waals surface area (Å²) < 4.78 is 6.02. The molecule has 1 heterocycles. The predicted molar refractivity (Wildman–Crippen MR) is 86.3 cm³/mol. The molecule has 0 radical (unpaired) electrons. The third kappa shape index (κ3) is 5.42. The number of ether oxygens (including phenoxy) is 1. The lowest BCUT2D eigenvalue weighted by Crippen LogP contribution is -2.23. The van der Waals surface area contributed by atoms with Crippen molar-refractivity contribution in [3.05, 3.63) is 35.9 Å². The number of hydrogen-bond donors (Lipinski definition) is 1. The van der Waals surface area contributed by atoms with Gasteiger partial charge in [0, 0.05) is 32.3 Å². The van der Waals surface area contributed by atoms with E-state index in [0.29, 0.717) is 6.10 Å². The molecule has 1 aromatic rings. The van der Waals surface area contributed by atoms with Crippen LogP contribution in [0.4, 0.5) is 0 Å². The van der Waals surface area contributed by atoms with Crippen LogP contribution in [0.2, 0.25) is 0 Å². The van der Waals surface area contributed by atoms with E-state index in [-0.39, 0.29) is 0 Å². The summed E-state index contributed by atoms with van der Waals surface area (Å²) in [4.78, 5) is 2.51. The van der Waals surface area contributed by atoms with Crippen molar-refractivity contribution in [2.45, 2.75) is 50.8 Å². The molecule has 1 aliphatic heterocycles. The molecule has 1 saturated heterocycles. The van der Waals surface area contributed by atoms with Crippen LogP contribution < -0.4 is 5.32 Å². The Balaban J connectivity index is 1.24. The van der Waals surface area contributed by atoms with E-state index in [2.05, 4.69) is 40.5 Å². The first-order valence-corrected chi connectivity index (χ1v) is 8.51. The standard InChI is InChI=1S/C18H28N2O/c1-2-6-16(7-3-1)14-20-12-10-18(15-20)21-13-5-4-11-19-17-8-9-17/h1-3,6-7,17-19H,4-5,8-15H2. The van der Waals surface area contributed by atoms with Gasteiger partial charge in [-0.25, -0.2) is 0 Å². The molecule has 1 atom stereocenters. The molecule has 3 heteroatoms. The van der Waals surface area contributed by atoms with Crippen molar-refractivity contribution >= 4 is 0 Å². The van der Waals surface area contributed by atoms with E-state index in [1.165, 1.54) is 50.8 Å². The van der Waals surface area contributed by atoms with Crippen LogP contribution >= 0.6 is 0 Å². The van der Waals surface area contributed by atoms with Crippen molar-refractivity contribution in [1.82, 2.24) is 10.2 Å². The Labute approximate surface area is 128 Å². The number of hydrogen-bond acceptors (Lipinski definition) is 3. The highest BCUT2D eigenvalue weighted by Gasteiger charge is 2.23. The molecule has 0 spiro atoms. The van der Waals surface area contributed by atoms with Crippen LogP contribution in [-0.4, -0.2) is 43.3 Å². The summed E-state index contributed by atoms with van der Waals surface area (Å²) in [6.45, 7) is 5.42. The van der Waals surface area contributed by atoms with E-state index in [1.807, 2.05) is 0 Å². The van der Waals surface area contributed by atoms with Crippen molar-refractivity contribution in [2.75, 3.05) is 26.2 Å². The zero-order valence-electron chi connectivity index (χ0n) is 13.0. The zero-order valence-corrected chi connectivity index (χ0v) is 13.0. The minimum atomic E-state index is 0.449. The van der Waals surface area contributed by atoms with Crippen LogP contribution in [0.1, 0.15) is 37.7 Å². The lowest BCUT2D eigenvalue weighted by Gasteiger charge is -2.16. The Morgan fingerprint density at radius 1 is 1.10 bits per heavy atom. The fourth-order valence-corrected chi connectivity index (χ4v) is 2.99. The Kier molecular flexibility index (Phi) is 5.67. The largest absolute Gasteiger partial charge is 0.377 e. The number of benzene rings is 1. The maximum absolute atomic E-state index is 6.02. The Bertz CT molecular complexity index is 405. The molecule has 1 aliphatic carbocycles. The molecule has 116 valence electrons. The number of likely N-dealkylation sites (tertiary alicyclic amines) is 1. The van der Waals surface area contributed by atoms with Gasteiger partial charge in [-0.05, 0) is 44.2 Å². The summed E-state index contributed by atoms with van der Waals surface area (Å²) in [6, 6.07) is 11.6. The van der Waals surface area contributed by atoms with E-state index in [1.54, 1.807) is 0 Å². The molecule has 3 nitrogen and oxygen atoms in total. The van der Waals surface area contributed by atoms with Gasteiger partial charge in [0.25, 0.3) is 0 Å². The summed E-state index contributed by atoms with van der Waals surface area (Å²) >= 11 is 0. The minimum Gasteiger partial charge on any atom is -0.377 e. The van der Waals surface area contributed by atoms with Crippen molar-refractivity contribution in [1.29, 1.82) is 0 Å². The van der Waals surface area contributed by atoms with Crippen molar-refractivity contribution in [3.8, 4) is 0 Å². The maximum Gasteiger partial charge on any atom is 0.0714 e. The summed E-state index contributed by atoms with van der Waals surface area (Å²) in [7, 11) is 0. The Morgan fingerprint density at radius 3 is 2.76 bits per heavy atom. The fraction of sp³-hybridized carbons (Fsp3) is 0.667. The van der Waals surface area contributed by atoms with E-state index in [0.717, 1.165) is 25.7 Å². The number of rotatable bonds is 9. The smallest absolute Gasteiger partial charge is 0.0714 e. The summed E-state index contributed by atoms with van der Waals surface area (Å²) in [5.41, 5.74) is 1.41.